The van der Waals surface area contributed by atoms with Crippen molar-refractivity contribution in [3.05, 3.63) is 0 Å². The van der Waals surface area contributed by atoms with E-state index in [-0.39, 0.29) is 11.8 Å². The molecule has 0 aromatic heterocycles. The quantitative estimate of drug-likeness (QED) is 0.584. The summed E-state index contributed by atoms with van der Waals surface area (Å²) in [6.07, 6.45) is 1.20. The molecule has 1 unspecified atom stereocenters. The van der Waals surface area contributed by atoms with Crippen molar-refractivity contribution in [2.24, 2.45) is 5.92 Å². The van der Waals surface area contributed by atoms with Crippen LogP contribution in [0.2, 0.25) is 0 Å². The zero-order chi connectivity index (χ0) is 16.2. The first-order chi connectivity index (χ1) is 9.72. The van der Waals surface area contributed by atoms with Gasteiger partial charge in [0.05, 0.1) is 12.0 Å². The van der Waals surface area contributed by atoms with Crippen LogP contribution in [0.15, 0.2) is 0 Å². The maximum Gasteiger partial charge on any atom is 0.328 e. The first-order valence-corrected chi connectivity index (χ1v) is 7.97. The van der Waals surface area contributed by atoms with E-state index in [1.54, 1.807) is 11.8 Å². The minimum atomic E-state index is -0.676. The number of carbonyl (C=O) groups excluding carboxylic acids is 3. The van der Waals surface area contributed by atoms with Crippen molar-refractivity contribution in [1.82, 2.24) is 10.2 Å². The largest absolute Gasteiger partial charge is 0.467 e. The standard InChI is InChI=1S/C14H24N2O4S/c1-9(2)6-10(13(19)20-5)15-12(18)11-7-21-14(3,4)16(11)8-17/h8-11H,6-7H2,1-5H3,(H,15,18)/t10-,11?/m1/s1. The van der Waals surface area contributed by atoms with Gasteiger partial charge >= 0.3 is 5.97 Å². The van der Waals surface area contributed by atoms with Crippen LogP contribution in [-0.2, 0) is 19.1 Å². The monoisotopic (exact) mass is 316 g/mol. The molecule has 1 rings (SSSR count). The van der Waals surface area contributed by atoms with Crippen molar-refractivity contribution in [2.75, 3.05) is 12.9 Å². The molecule has 1 heterocycles. The topological polar surface area (TPSA) is 75.7 Å². The molecule has 1 saturated heterocycles. The summed E-state index contributed by atoms with van der Waals surface area (Å²) in [5.74, 6) is -0.00513. The Morgan fingerprint density at radius 3 is 2.57 bits per heavy atom. The first kappa shape index (κ1) is 17.8. The lowest BCUT2D eigenvalue weighted by Crippen LogP contribution is -2.53. The summed E-state index contributed by atoms with van der Waals surface area (Å²) >= 11 is 1.54. The van der Waals surface area contributed by atoms with E-state index in [2.05, 4.69) is 5.32 Å². The van der Waals surface area contributed by atoms with Gasteiger partial charge in [-0.1, -0.05) is 13.8 Å². The van der Waals surface area contributed by atoms with E-state index in [9.17, 15) is 14.4 Å². The third kappa shape index (κ3) is 4.36. The highest BCUT2D eigenvalue weighted by Crippen LogP contribution is 2.37. The van der Waals surface area contributed by atoms with Crippen molar-refractivity contribution in [3.63, 3.8) is 0 Å². The summed E-state index contributed by atoms with van der Waals surface area (Å²) < 4.78 is 4.73. The molecule has 0 aliphatic carbocycles. The lowest BCUT2D eigenvalue weighted by atomic mass is 10.0. The fraction of sp³-hybridized carbons (Fsp3) is 0.786. The maximum absolute atomic E-state index is 12.4. The lowest BCUT2D eigenvalue weighted by Gasteiger charge is -2.31. The average Bonchev–Trinajstić information content (AvgIpc) is 2.71. The molecule has 1 N–H and O–H groups in total. The van der Waals surface area contributed by atoms with E-state index < -0.39 is 22.9 Å². The van der Waals surface area contributed by atoms with Gasteiger partial charge in [-0.25, -0.2) is 4.79 Å². The molecule has 21 heavy (non-hydrogen) atoms. The number of ether oxygens (including phenoxy) is 1. The molecule has 0 bridgehead atoms. The van der Waals surface area contributed by atoms with E-state index in [0.717, 1.165) is 0 Å². The molecule has 2 atom stereocenters. The summed E-state index contributed by atoms with van der Waals surface area (Å²) in [5, 5.41) is 2.72. The molecule has 1 fully saturated rings. The lowest BCUT2D eigenvalue weighted by molar-refractivity contribution is -0.146. The predicted octanol–water partition coefficient (Wildman–Crippen LogP) is 1.00. The van der Waals surface area contributed by atoms with Crippen molar-refractivity contribution in [3.8, 4) is 0 Å². The molecule has 0 saturated carbocycles. The van der Waals surface area contributed by atoms with Gasteiger partial charge in [0.2, 0.25) is 12.3 Å². The van der Waals surface area contributed by atoms with Crippen LogP contribution in [0.5, 0.6) is 0 Å². The Labute approximate surface area is 130 Å². The van der Waals surface area contributed by atoms with Gasteiger partial charge in [-0.15, -0.1) is 11.8 Å². The summed E-state index contributed by atoms with van der Waals surface area (Å²) in [7, 11) is 1.30. The number of thioether (sulfide) groups is 1. The van der Waals surface area contributed by atoms with Crippen LogP contribution < -0.4 is 5.32 Å². The number of rotatable bonds is 6. The third-order valence-corrected chi connectivity index (χ3v) is 4.88. The van der Waals surface area contributed by atoms with Gasteiger partial charge < -0.3 is 15.0 Å². The summed E-state index contributed by atoms with van der Waals surface area (Å²) in [5.41, 5.74) is 0. The number of carbonyl (C=O) groups is 3. The Bertz CT molecular complexity index is 412. The molecular weight excluding hydrogens is 292 g/mol. The highest BCUT2D eigenvalue weighted by molar-refractivity contribution is 8.00. The van der Waals surface area contributed by atoms with Crippen LogP contribution >= 0.6 is 11.8 Å². The number of methoxy groups -OCH3 is 1. The van der Waals surface area contributed by atoms with Gasteiger partial charge in [-0.3, -0.25) is 9.59 Å². The number of esters is 1. The Kier molecular flexibility index (Phi) is 6.07. The molecule has 0 aromatic rings. The van der Waals surface area contributed by atoms with Crippen LogP contribution in [0.1, 0.15) is 34.1 Å². The SMILES string of the molecule is COC(=O)[C@@H](CC(C)C)NC(=O)C1CSC(C)(C)N1C=O. The average molecular weight is 316 g/mol. The number of amides is 2. The molecule has 0 radical (unpaired) electrons. The van der Waals surface area contributed by atoms with Crippen molar-refractivity contribution < 1.29 is 19.1 Å². The minimum absolute atomic E-state index is 0.242. The maximum atomic E-state index is 12.4. The Morgan fingerprint density at radius 2 is 2.10 bits per heavy atom. The fourth-order valence-corrected chi connectivity index (χ4v) is 3.51. The van der Waals surface area contributed by atoms with Crippen LogP contribution in [0, 0.1) is 5.92 Å². The third-order valence-electron chi connectivity index (χ3n) is 3.48. The van der Waals surface area contributed by atoms with Crippen molar-refractivity contribution in [1.29, 1.82) is 0 Å². The summed E-state index contributed by atoms with van der Waals surface area (Å²) in [6.45, 7) is 7.72. The van der Waals surface area contributed by atoms with Gasteiger partial charge in [0, 0.05) is 5.75 Å². The zero-order valence-corrected chi connectivity index (χ0v) is 14.0. The van der Waals surface area contributed by atoms with Crippen molar-refractivity contribution in [2.45, 2.75) is 51.1 Å². The molecule has 120 valence electrons. The van der Waals surface area contributed by atoms with Crippen LogP contribution in [0.3, 0.4) is 0 Å². The second-order valence-electron chi connectivity index (χ2n) is 6.00. The summed E-state index contributed by atoms with van der Waals surface area (Å²) in [4.78, 5) is 36.4. The second kappa shape index (κ2) is 7.15. The Morgan fingerprint density at radius 1 is 1.48 bits per heavy atom. The zero-order valence-electron chi connectivity index (χ0n) is 13.2. The van der Waals surface area contributed by atoms with E-state index in [1.165, 1.54) is 12.0 Å². The molecule has 0 aromatic carbocycles. The van der Waals surface area contributed by atoms with Gasteiger partial charge in [-0.2, -0.15) is 0 Å². The van der Waals surface area contributed by atoms with E-state index in [0.29, 0.717) is 18.6 Å². The Balaban J connectivity index is 2.78. The van der Waals surface area contributed by atoms with Crippen molar-refractivity contribution >= 4 is 30.0 Å². The number of hydrogen-bond acceptors (Lipinski definition) is 5. The molecule has 2 amide bonds. The predicted molar refractivity (Wildman–Crippen MR) is 81.6 cm³/mol. The Hall–Kier alpha value is -1.24. The number of nitrogens with one attached hydrogen (secondary N) is 1. The fourth-order valence-electron chi connectivity index (χ4n) is 2.31. The molecular formula is C14H24N2O4S. The van der Waals surface area contributed by atoms with Gasteiger partial charge in [0.25, 0.3) is 0 Å². The highest BCUT2D eigenvalue weighted by Gasteiger charge is 2.43. The minimum Gasteiger partial charge on any atom is -0.467 e. The van der Waals surface area contributed by atoms with E-state index in [4.69, 9.17) is 4.74 Å². The van der Waals surface area contributed by atoms with Gasteiger partial charge in [0.15, 0.2) is 0 Å². The first-order valence-electron chi connectivity index (χ1n) is 6.98. The molecule has 1 aliphatic heterocycles. The molecule has 1 aliphatic rings. The smallest absolute Gasteiger partial charge is 0.328 e. The van der Waals surface area contributed by atoms with Crippen LogP contribution in [-0.4, -0.2) is 53.0 Å². The summed E-state index contributed by atoms with van der Waals surface area (Å²) in [6, 6.07) is -1.23. The molecule has 0 spiro atoms. The molecule has 7 heteroatoms. The van der Waals surface area contributed by atoms with E-state index in [1.807, 2.05) is 27.7 Å². The van der Waals surface area contributed by atoms with Gasteiger partial charge in [-0.05, 0) is 26.2 Å². The number of nitrogens with zero attached hydrogens (tertiary/aromatic N) is 1. The van der Waals surface area contributed by atoms with E-state index >= 15 is 0 Å². The van der Waals surface area contributed by atoms with Crippen LogP contribution in [0.25, 0.3) is 0 Å². The van der Waals surface area contributed by atoms with Crippen LogP contribution in [0.4, 0.5) is 0 Å². The molecule has 6 nitrogen and oxygen atoms in total. The highest BCUT2D eigenvalue weighted by atomic mass is 32.2. The second-order valence-corrected chi connectivity index (χ2v) is 7.62. The normalized spacial score (nSPS) is 22.0. The van der Waals surface area contributed by atoms with Gasteiger partial charge in [0.1, 0.15) is 12.1 Å². The number of hydrogen-bond donors (Lipinski definition) is 1.